The van der Waals surface area contributed by atoms with Crippen molar-refractivity contribution in [2.24, 2.45) is 0 Å². The van der Waals surface area contributed by atoms with Crippen molar-refractivity contribution in [2.45, 2.75) is 38.3 Å². The lowest BCUT2D eigenvalue weighted by Gasteiger charge is -2.04. The second-order valence-corrected chi connectivity index (χ2v) is 2.53. The Morgan fingerprint density at radius 1 is 1.67 bits per heavy atom. The van der Waals surface area contributed by atoms with E-state index in [2.05, 4.69) is 18.3 Å². The highest BCUT2D eigenvalue weighted by atomic mass is 15.0. The average Bonchev–Trinajstić information content (AvgIpc) is 2.34. The predicted octanol–water partition coefficient (Wildman–Crippen LogP) is 1.04. The monoisotopic (exact) mass is 124 g/mol. The molecule has 0 bridgehead atoms. The van der Waals surface area contributed by atoms with Gasteiger partial charge in [-0.05, 0) is 19.3 Å². The molecule has 1 saturated heterocycles. The maximum Gasteiger partial charge on any atom is 0.0955 e. The second-order valence-electron chi connectivity index (χ2n) is 2.53. The first-order valence-corrected chi connectivity index (χ1v) is 3.52. The minimum atomic E-state index is 0.134. The van der Waals surface area contributed by atoms with E-state index in [4.69, 9.17) is 5.26 Å². The van der Waals surface area contributed by atoms with Crippen molar-refractivity contribution in [3.05, 3.63) is 0 Å². The molecule has 1 aliphatic rings. The summed E-state index contributed by atoms with van der Waals surface area (Å²) < 4.78 is 0. The molecule has 50 valence electrons. The van der Waals surface area contributed by atoms with Crippen LogP contribution in [0.1, 0.15) is 26.2 Å². The van der Waals surface area contributed by atoms with E-state index in [0.29, 0.717) is 6.04 Å². The van der Waals surface area contributed by atoms with Crippen molar-refractivity contribution in [1.29, 1.82) is 5.26 Å². The Labute approximate surface area is 55.9 Å². The van der Waals surface area contributed by atoms with Gasteiger partial charge in [0, 0.05) is 6.04 Å². The fourth-order valence-corrected chi connectivity index (χ4v) is 1.24. The summed E-state index contributed by atoms with van der Waals surface area (Å²) in [5.41, 5.74) is 0. The van der Waals surface area contributed by atoms with E-state index in [0.717, 1.165) is 12.8 Å². The lowest BCUT2D eigenvalue weighted by Crippen LogP contribution is -2.27. The number of nitrogens with one attached hydrogen (secondary N) is 1. The molecule has 2 heteroatoms. The van der Waals surface area contributed by atoms with Gasteiger partial charge >= 0.3 is 0 Å². The summed E-state index contributed by atoms with van der Waals surface area (Å²) in [6, 6.07) is 2.96. The lowest BCUT2D eigenvalue weighted by molar-refractivity contribution is 0.568. The van der Waals surface area contributed by atoms with E-state index < -0.39 is 0 Å². The molecule has 0 unspecified atom stereocenters. The zero-order valence-corrected chi connectivity index (χ0v) is 5.72. The molecule has 0 radical (unpaired) electrons. The zero-order valence-electron chi connectivity index (χ0n) is 5.72. The standard InChI is InChI=1S/C7H12N2/c1-2-6-3-4-7(5-8)9-6/h6-7,9H,2-4H2,1H3/t6-,7-/m1/s1. The molecule has 2 atom stereocenters. The Morgan fingerprint density at radius 2 is 2.44 bits per heavy atom. The van der Waals surface area contributed by atoms with Gasteiger partial charge in [0.1, 0.15) is 0 Å². The quantitative estimate of drug-likeness (QED) is 0.567. The normalized spacial score (nSPS) is 34.2. The molecular formula is C7H12N2. The van der Waals surface area contributed by atoms with Crippen molar-refractivity contribution >= 4 is 0 Å². The van der Waals surface area contributed by atoms with Crippen LogP contribution in [-0.4, -0.2) is 12.1 Å². The van der Waals surface area contributed by atoms with Crippen molar-refractivity contribution in [1.82, 2.24) is 5.32 Å². The first kappa shape index (κ1) is 6.57. The SMILES string of the molecule is CC[C@@H]1CC[C@H](C#N)N1. The summed E-state index contributed by atoms with van der Waals surface area (Å²) in [5.74, 6) is 0. The summed E-state index contributed by atoms with van der Waals surface area (Å²) >= 11 is 0. The Hall–Kier alpha value is -0.550. The van der Waals surface area contributed by atoms with Crippen LogP contribution in [0.5, 0.6) is 0 Å². The van der Waals surface area contributed by atoms with Gasteiger partial charge in [-0.25, -0.2) is 0 Å². The van der Waals surface area contributed by atoms with Crippen LogP contribution >= 0.6 is 0 Å². The predicted molar refractivity (Wildman–Crippen MR) is 35.8 cm³/mol. The molecule has 0 saturated carbocycles. The summed E-state index contributed by atoms with van der Waals surface area (Å²) in [7, 11) is 0. The minimum Gasteiger partial charge on any atom is -0.299 e. The van der Waals surface area contributed by atoms with E-state index in [1.807, 2.05) is 0 Å². The molecular weight excluding hydrogens is 112 g/mol. The molecule has 0 aromatic carbocycles. The second kappa shape index (κ2) is 2.84. The highest BCUT2D eigenvalue weighted by Gasteiger charge is 2.20. The first-order chi connectivity index (χ1) is 4.36. The molecule has 1 N–H and O–H groups in total. The van der Waals surface area contributed by atoms with E-state index in [9.17, 15) is 0 Å². The number of hydrogen-bond donors (Lipinski definition) is 1. The van der Waals surface area contributed by atoms with E-state index >= 15 is 0 Å². The molecule has 1 fully saturated rings. The van der Waals surface area contributed by atoms with Crippen molar-refractivity contribution in [3.8, 4) is 6.07 Å². The molecule has 0 amide bonds. The van der Waals surface area contributed by atoms with E-state index in [1.165, 1.54) is 6.42 Å². The van der Waals surface area contributed by atoms with Gasteiger partial charge in [0.15, 0.2) is 0 Å². The van der Waals surface area contributed by atoms with Crippen LogP contribution in [0.3, 0.4) is 0 Å². The largest absolute Gasteiger partial charge is 0.299 e. The van der Waals surface area contributed by atoms with Crippen molar-refractivity contribution in [2.75, 3.05) is 0 Å². The third-order valence-corrected chi connectivity index (χ3v) is 1.89. The van der Waals surface area contributed by atoms with Crippen LogP contribution in [0.2, 0.25) is 0 Å². The van der Waals surface area contributed by atoms with Crippen LogP contribution < -0.4 is 5.32 Å². The number of rotatable bonds is 1. The summed E-state index contributed by atoms with van der Waals surface area (Å²) in [6.07, 6.45) is 3.36. The third kappa shape index (κ3) is 1.43. The van der Waals surface area contributed by atoms with Gasteiger partial charge in [-0.3, -0.25) is 5.32 Å². The van der Waals surface area contributed by atoms with E-state index in [-0.39, 0.29) is 6.04 Å². The number of nitrogens with zero attached hydrogens (tertiary/aromatic N) is 1. The zero-order chi connectivity index (χ0) is 6.69. The smallest absolute Gasteiger partial charge is 0.0955 e. The lowest BCUT2D eigenvalue weighted by atomic mass is 10.2. The molecule has 0 spiro atoms. The van der Waals surface area contributed by atoms with E-state index in [1.54, 1.807) is 0 Å². The van der Waals surface area contributed by atoms with Gasteiger partial charge in [-0.1, -0.05) is 6.92 Å². The topological polar surface area (TPSA) is 35.8 Å². The number of hydrogen-bond acceptors (Lipinski definition) is 2. The molecule has 0 aliphatic carbocycles. The Balaban J connectivity index is 2.31. The van der Waals surface area contributed by atoms with Gasteiger partial charge in [0.2, 0.25) is 0 Å². The fraction of sp³-hybridized carbons (Fsp3) is 0.857. The Kier molecular flexibility index (Phi) is 2.07. The molecule has 0 aromatic rings. The molecule has 0 aromatic heterocycles. The van der Waals surface area contributed by atoms with Gasteiger partial charge in [-0.2, -0.15) is 5.26 Å². The van der Waals surface area contributed by atoms with Crippen LogP contribution in [-0.2, 0) is 0 Å². The van der Waals surface area contributed by atoms with Crippen molar-refractivity contribution in [3.63, 3.8) is 0 Å². The third-order valence-electron chi connectivity index (χ3n) is 1.89. The van der Waals surface area contributed by atoms with Gasteiger partial charge in [-0.15, -0.1) is 0 Å². The minimum absolute atomic E-state index is 0.134. The van der Waals surface area contributed by atoms with Gasteiger partial charge < -0.3 is 0 Å². The number of nitriles is 1. The summed E-state index contributed by atoms with van der Waals surface area (Å²) in [6.45, 7) is 2.15. The fourth-order valence-electron chi connectivity index (χ4n) is 1.24. The molecule has 2 nitrogen and oxygen atoms in total. The maximum absolute atomic E-state index is 8.47. The first-order valence-electron chi connectivity index (χ1n) is 3.52. The Morgan fingerprint density at radius 3 is 2.78 bits per heavy atom. The van der Waals surface area contributed by atoms with Crippen LogP contribution in [0, 0.1) is 11.3 Å². The summed E-state index contributed by atoms with van der Waals surface area (Å²) in [4.78, 5) is 0. The Bertz CT molecular complexity index is 125. The molecule has 1 aliphatic heterocycles. The molecule has 1 heterocycles. The highest BCUT2D eigenvalue weighted by Crippen LogP contribution is 2.13. The van der Waals surface area contributed by atoms with Crippen molar-refractivity contribution < 1.29 is 0 Å². The molecule has 9 heavy (non-hydrogen) atoms. The van der Waals surface area contributed by atoms with Crippen LogP contribution in [0.25, 0.3) is 0 Å². The average molecular weight is 124 g/mol. The van der Waals surface area contributed by atoms with Crippen LogP contribution in [0.15, 0.2) is 0 Å². The van der Waals surface area contributed by atoms with Gasteiger partial charge in [0.25, 0.3) is 0 Å². The highest BCUT2D eigenvalue weighted by molar-refractivity contribution is 4.96. The maximum atomic E-state index is 8.47. The van der Waals surface area contributed by atoms with Gasteiger partial charge in [0.05, 0.1) is 12.1 Å². The summed E-state index contributed by atoms with van der Waals surface area (Å²) in [5, 5.41) is 11.7. The van der Waals surface area contributed by atoms with Crippen LogP contribution in [0.4, 0.5) is 0 Å². The molecule has 1 rings (SSSR count).